The first-order valence-corrected chi connectivity index (χ1v) is 11.1. The Morgan fingerprint density at radius 2 is 1.82 bits per heavy atom. The zero-order valence-corrected chi connectivity index (χ0v) is 19.7. The largest absolute Gasteiger partial charge is 0.357 e. The molecule has 0 unspecified atom stereocenters. The molecule has 0 saturated carbocycles. The van der Waals surface area contributed by atoms with Crippen molar-refractivity contribution < 1.29 is 29.1 Å². The Hall–Kier alpha value is -0.937. The average Bonchev–Trinajstić information content (AvgIpc) is 3.23. The van der Waals surface area contributed by atoms with E-state index in [-0.39, 0.29) is 43.5 Å². The van der Waals surface area contributed by atoms with Gasteiger partial charge in [0, 0.05) is 43.4 Å². The number of carbonyl (C=O) groups is 2. The monoisotopic (exact) mass is 493 g/mol. The van der Waals surface area contributed by atoms with E-state index < -0.39 is 0 Å². The number of carbonyl (C=O) groups excluding carboxylic acids is 2. The van der Waals surface area contributed by atoms with Gasteiger partial charge in [-0.15, -0.1) is 5.56 Å². The minimum atomic E-state index is -0.0321. The quantitative estimate of drug-likeness (QED) is 0.226. The summed E-state index contributed by atoms with van der Waals surface area (Å²) in [5, 5.41) is 9.55. The molecule has 2 heterocycles. The molecule has 1 radical (unpaired) electrons. The topological polar surface area (TPSA) is 70.2 Å². The number of hydrogen-bond donors (Lipinski definition) is 3. The third-order valence-corrected chi connectivity index (χ3v) is 7.88. The van der Waals surface area contributed by atoms with E-state index in [9.17, 15) is 9.59 Å². The van der Waals surface area contributed by atoms with Crippen molar-refractivity contribution in [3.8, 4) is 0 Å². The number of rotatable bonds is 8. The summed E-state index contributed by atoms with van der Waals surface area (Å²) in [6, 6.07) is 0.515. The van der Waals surface area contributed by atoms with Gasteiger partial charge in [0.2, 0.25) is 5.91 Å². The van der Waals surface area contributed by atoms with Crippen molar-refractivity contribution >= 4 is 23.7 Å². The molecule has 3 amide bonds. The summed E-state index contributed by atoms with van der Waals surface area (Å²) in [4.78, 5) is 23.5. The SMILES string of the molecule is Cc1c(C)c(C)[c-](CCNC(=O)CCCC[C@@H]2SC[C@@H]3NC(=O)N[C@@H]32)c1C.[Rh]. The molecule has 0 aliphatic carbocycles. The maximum Gasteiger partial charge on any atom is 0.315 e. The normalized spacial score (nSPS) is 23.0. The van der Waals surface area contributed by atoms with Crippen LogP contribution in [0.2, 0.25) is 0 Å². The van der Waals surface area contributed by atoms with E-state index in [0.29, 0.717) is 18.2 Å². The standard InChI is InChI=1S/C21H32N3O2S.Rh/c1-12-13(2)15(4)16(14(12)3)9-10-22-19(25)8-6-5-7-18-20-17(11-27-18)23-21(26)24-20;/h17-18,20H,5-11H2,1-4H3,(H,22,25)(H2,23,24,26);/q-1;/t17-,18-,20-;/m0./s1. The fourth-order valence-electron chi connectivity index (χ4n) is 4.36. The van der Waals surface area contributed by atoms with Gasteiger partial charge < -0.3 is 16.0 Å². The summed E-state index contributed by atoms with van der Waals surface area (Å²) < 4.78 is 0. The summed E-state index contributed by atoms with van der Waals surface area (Å²) in [6.07, 6.45) is 4.50. The summed E-state index contributed by atoms with van der Waals surface area (Å²) in [5.41, 5.74) is 6.91. The van der Waals surface area contributed by atoms with Crippen LogP contribution in [0, 0.1) is 27.7 Å². The molecule has 0 spiro atoms. The Bertz CT molecular complexity index is 693. The molecule has 2 aliphatic heterocycles. The first kappa shape index (κ1) is 23.3. The van der Waals surface area contributed by atoms with E-state index in [1.165, 1.54) is 27.8 Å². The van der Waals surface area contributed by atoms with Crippen molar-refractivity contribution in [3.05, 3.63) is 27.8 Å². The van der Waals surface area contributed by atoms with Crippen molar-refractivity contribution in [2.24, 2.45) is 0 Å². The Morgan fingerprint density at radius 1 is 1.14 bits per heavy atom. The average molecular weight is 493 g/mol. The van der Waals surface area contributed by atoms with Gasteiger partial charge in [0.15, 0.2) is 0 Å². The first-order valence-electron chi connectivity index (χ1n) is 10.1. The van der Waals surface area contributed by atoms with Gasteiger partial charge in [0.25, 0.3) is 0 Å². The zero-order chi connectivity index (χ0) is 19.6. The fraction of sp³-hybridized carbons (Fsp3) is 0.667. The van der Waals surface area contributed by atoms with Crippen LogP contribution < -0.4 is 16.0 Å². The van der Waals surface area contributed by atoms with E-state index in [1.807, 2.05) is 11.8 Å². The van der Waals surface area contributed by atoms with Crippen molar-refractivity contribution in [2.75, 3.05) is 12.3 Å². The Balaban J connectivity index is 0.00000280. The molecule has 5 nitrogen and oxygen atoms in total. The van der Waals surface area contributed by atoms with Gasteiger partial charge in [-0.1, -0.05) is 40.5 Å². The van der Waals surface area contributed by atoms with E-state index in [2.05, 4.69) is 43.6 Å². The van der Waals surface area contributed by atoms with Crippen LogP contribution in [-0.2, 0) is 30.7 Å². The molecular weight excluding hydrogens is 461 g/mol. The minimum absolute atomic E-state index is 0. The second kappa shape index (κ2) is 10.2. The summed E-state index contributed by atoms with van der Waals surface area (Å²) >= 11 is 1.93. The summed E-state index contributed by atoms with van der Waals surface area (Å²) in [5.74, 6) is 1.15. The number of thioether (sulfide) groups is 1. The molecule has 1 aromatic rings. The minimum Gasteiger partial charge on any atom is -0.357 e. The molecule has 3 atom stereocenters. The third-order valence-electron chi connectivity index (χ3n) is 6.37. The van der Waals surface area contributed by atoms with Crippen LogP contribution in [0.1, 0.15) is 53.5 Å². The van der Waals surface area contributed by atoms with Crippen LogP contribution in [0.15, 0.2) is 0 Å². The van der Waals surface area contributed by atoms with Crippen LogP contribution >= 0.6 is 11.8 Å². The second-order valence-electron chi connectivity index (χ2n) is 7.95. The molecule has 1 aromatic carbocycles. The zero-order valence-electron chi connectivity index (χ0n) is 17.2. The molecule has 0 aromatic heterocycles. The van der Waals surface area contributed by atoms with Crippen LogP contribution in [-0.4, -0.2) is 41.6 Å². The molecule has 28 heavy (non-hydrogen) atoms. The molecule has 159 valence electrons. The van der Waals surface area contributed by atoms with Gasteiger partial charge in [-0.25, -0.2) is 4.79 Å². The Kier molecular flexibility index (Phi) is 8.50. The first-order chi connectivity index (χ1) is 12.9. The number of urea groups is 1. The van der Waals surface area contributed by atoms with Gasteiger partial charge in [-0.3, -0.25) is 4.79 Å². The van der Waals surface area contributed by atoms with E-state index >= 15 is 0 Å². The third kappa shape index (κ3) is 5.15. The van der Waals surface area contributed by atoms with Gasteiger partial charge >= 0.3 is 6.03 Å². The predicted octanol–water partition coefficient (Wildman–Crippen LogP) is 3.02. The molecule has 2 fully saturated rings. The van der Waals surface area contributed by atoms with Crippen molar-refractivity contribution in [1.82, 2.24) is 16.0 Å². The predicted molar refractivity (Wildman–Crippen MR) is 112 cm³/mol. The van der Waals surface area contributed by atoms with Crippen LogP contribution in [0.25, 0.3) is 0 Å². The number of hydrogen-bond acceptors (Lipinski definition) is 3. The number of nitrogens with one attached hydrogen (secondary N) is 3. The van der Waals surface area contributed by atoms with Gasteiger partial charge in [-0.2, -0.15) is 34.0 Å². The number of amides is 3. The van der Waals surface area contributed by atoms with Crippen LogP contribution in [0.4, 0.5) is 4.79 Å². The van der Waals surface area contributed by atoms with E-state index in [4.69, 9.17) is 0 Å². The molecule has 2 saturated heterocycles. The van der Waals surface area contributed by atoms with Gasteiger partial charge in [-0.05, 0) is 12.8 Å². The molecule has 2 aliphatic rings. The molecule has 7 heteroatoms. The maximum atomic E-state index is 12.1. The second-order valence-corrected chi connectivity index (χ2v) is 9.22. The summed E-state index contributed by atoms with van der Waals surface area (Å²) in [6.45, 7) is 9.43. The summed E-state index contributed by atoms with van der Waals surface area (Å²) in [7, 11) is 0. The van der Waals surface area contributed by atoms with Crippen molar-refractivity contribution in [3.63, 3.8) is 0 Å². The number of unbranched alkanes of at least 4 members (excludes halogenated alkanes) is 1. The van der Waals surface area contributed by atoms with E-state index in [1.54, 1.807) is 0 Å². The number of fused-ring (bicyclic) bond motifs is 1. The van der Waals surface area contributed by atoms with Crippen LogP contribution in [0.3, 0.4) is 0 Å². The Labute approximate surface area is 185 Å². The van der Waals surface area contributed by atoms with Gasteiger partial charge in [0.05, 0.1) is 12.1 Å². The van der Waals surface area contributed by atoms with Gasteiger partial charge in [0.1, 0.15) is 0 Å². The van der Waals surface area contributed by atoms with E-state index in [0.717, 1.165) is 31.4 Å². The molecule has 0 bridgehead atoms. The molecule has 3 N–H and O–H groups in total. The molecule has 3 rings (SSSR count). The van der Waals surface area contributed by atoms with Crippen molar-refractivity contribution in [2.45, 2.75) is 77.1 Å². The maximum absolute atomic E-state index is 12.1. The van der Waals surface area contributed by atoms with Crippen molar-refractivity contribution in [1.29, 1.82) is 0 Å². The molecular formula is C21H32N3O2RhS-. The van der Waals surface area contributed by atoms with Crippen LogP contribution in [0.5, 0.6) is 0 Å². The fourth-order valence-corrected chi connectivity index (χ4v) is 5.90. The smallest absolute Gasteiger partial charge is 0.315 e. The Morgan fingerprint density at radius 3 is 2.50 bits per heavy atom.